The molecule has 0 heterocycles. The number of hydrogen-bond donors (Lipinski definition) is 1. The van der Waals surface area contributed by atoms with Crippen molar-refractivity contribution in [3.05, 3.63) is 65.2 Å². The molecule has 3 heteroatoms. The van der Waals surface area contributed by atoms with E-state index in [1.165, 1.54) is 6.21 Å². The van der Waals surface area contributed by atoms with Gasteiger partial charge in [-0.2, -0.15) is 0 Å². The zero-order valence-corrected chi connectivity index (χ0v) is 10.5. The number of rotatable bonds is 2. The molecule has 0 fully saturated rings. The SMILES string of the molecule is COc1ccc(C#Cc2ccccc2/C=N/O)cc1. The summed E-state index contributed by atoms with van der Waals surface area (Å²) in [5, 5.41) is 11.6. The van der Waals surface area contributed by atoms with Crippen molar-refractivity contribution >= 4 is 6.21 Å². The Morgan fingerprint density at radius 2 is 1.79 bits per heavy atom. The van der Waals surface area contributed by atoms with Crippen LogP contribution in [0.5, 0.6) is 5.75 Å². The molecule has 2 aromatic carbocycles. The van der Waals surface area contributed by atoms with Gasteiger partial charge in [-0.25, -0.2) is 0 Å². The van der Waals surface area contributed by atoms with E-state index >= 15 is 0 Å². The van der Waals surface area contributed by atoms with Crippen molar-refractivity contribution in [2.45, 2.75) is 0 Å². The van der Waals surface area contributed by atoms with E-state index in [1.807, 2.05) is 48.5 Å². The van der Waals surface area contributed by atoms with Crippen LogP contribution in [0.1, 0.15) is 16.7 Å². The molecule has 2 rings (SSSR count). The predicted molar refractivity (Wildman–Crippen MR) is 74.8 cm³/mol. The highest BCUT2D eigenvalue weighted by molar-refractivity contribution is 5.83. The summed E-state index contributed by atoms with van der Waals surface area (Å²) in [6.45, 7) is 0. The minimum Gasteiger partial charge on any atom is -0.497 e. The van der Waals surface area contributed by atoms with Crippen LogP contribution in [-0.2, 0) is 0 Å². The van der Waals surface area contributed by atoms with Gasteiger partial charge in [0.15, 0.2) is 0 Å². The summed E-state index contributed by atoms with van der Waals surface area (Å²) in [4.78, 5) is 0. The van der Waals surface area contributed by atoms with Gasteiger partial charge in [-0.15, -0.1) is 0 Å². The van der Waals surface area contributed by atoms with Crippen molar-refractivity contribution in [3.63, 3.8) is 0 Å². The third-order valence-corrected chi connectivity index (χ3v) is 2.59. The molecule has 0 aliphatic carbocycles. The zero-order valence-electron chi connectivity index (χ0n) is 10.5. The highest BCUT2D eigenvalue weighted by atomic mass is 16.5. The molecule has 3 nitrogen and oxygen atoms in total. The molecule has 0 aromatic heterocycles. The smallest absolute Gasteiger partial charge is 0.118 e. The van der Waals surface area contributed by atoms with Crippen LogP contribution < -0.4 is 4.74 Å². The number of benzene rings is 2. The van der Waals surface area contributed by atoms with Gasteiger partial charge in [-0.1, -0.05) is 35.2 Å². The lowest BCUT2D eigenvalue weighted by Crippen LogP contribution is -1.87. The normalized spacial score (nSPS) is 9.95. The maximum absolute atomic E-state index is 8.59. The molecule has 19 heavy (non-hydrogen) atoms. The molecule has 0 aliphatic rings. The van der Waals surface area contributed by atoms with Crippen LogP contribution in [0.4, 0.5) is 0 Å². The Morgan fingerprint density at radius 1 is 1.05 bits per heavy atom. The Bertz CT molecular complexity index is 634. The van der Waals surface area contributed by atoms with Crippen molar-refractivity contribution in [2.75, 3.05) is 7.11 Å². The predicted octanol–water partition coefficient (Wildman–Crippen LogP) is 2.90. The first-order valence-corrected chi connectivity index (χ1v) is 5.76. The fourth-order valence-corrected chi connectivity index (χ4v) is 1.60. The fraction of sp³-hybridized carbons (Fsp3) is 0.0625. The van der Waals surface area contributed by atoms with Crippen LogP contribution in [0.3, 0.4) is 0 Å². The van der Waals surface area contributed by atoms with E-state index < -0.39 is 0 Å². The molecule has 0 unspecified atom stereocenters. The van der Waals surface area contributed by atoms with E-state index in [4.69, 9.17) is 9.94 Å². The summed E-state index contributed by atoms with van der Waals surface area (Å²) in [7, 11) is 1.63. The topological polar surface area (TPSA) is 41.8 Å². The molecule has 0 saturated heterocycles. The summed E-state index contributed by atoms with van der Waals surface area (Å²) in [6, 6.07) is 15.0. The van der Waals surface area contributed by atoms with Crippen LogP contribution >= 0.6 is 0 Å². The van der Waals surface area contributed by atoms with E-state index in [2.05, 4.69) is 17.0 Å². The van der Waals surface area contributed by atoms with Crippen LogP contribution in [0.2, 0.25) is 0 Å². The first-order chi connectivity index (χ1) is 9.33. The van der Waals surface area contributed by atoms with E-state index in [0.29, 0.717) is 0 Å². The summed E-state index contributed by atoms with van der Waals surface area (Å²) < 4.78 is 5.09. The first-order valence-electron chi connectivity index (χ1n) is 5.76. The molecule has 0 saturated carbocycles. The number of ether oxygens (including phenoxy) is 1. The summed E-state index contributed by atoms with van der Waals surface area (Å²) in [5.41, 5.74) is 2.50. The molecule has 1 N–H and O–H groups in total. The first kappa shape index (κ1) is 12.7. The molecule has 0 bridgehead atoms. The third-order valence-electron chi connectivity index (χ3n) is 2.59. The molecular weight excluding hydrogens is 238 g/mol. The molecule has 0 aliphatic heterocycles. The molecule has 0 spiro atoms. The van der Waals surface area contributed by atoms with Gasteiger partial charge < -0.3 is 9.94 Å². The van der Waals surface area contributed by atoms with E-state index in [9.17, 15) is 0 Å². The van der Waals surface area contributed by atoms with Crippen LogP contribution in [0, 0.1) is 11.8 Å². The highest BCUT2D eigenvalue weighted by Crippen LogP contribution is 2.11. The summed E-state index contributed by atoms with van der Waals surface area (Å²) >= 11 is 0. The van der Waals surface area contributed by atoms with Gasteiger partial charge in [0.25, 0.3) is 0 Å². The van der Waals surface area contributed by atoms with Crippen molar-refractivity contribution in [1.29, 1.82) is 0 Å². The molecule has 94 valence electrons. The van der Waals surface area contributed by atoms with Gasteiger partial charge in [0.1, 0.15) is 5.75 Å². The van der Waals surface area contributed by atoms with Gasteiger partial charge >= 0.3 is 0 Å². The number of oxime groups is 1. The van der Waals surface area contributed by atoms with Crippen LogP contribution in [-0.4, -0.2) is 18.5 Å². The summed E-state index contributed by atoms with van der Waals surface area (Å²) in [5.74, 6) is 6.92. The lowest BCUT2D eigenvalue weighted by molar-refractivity contribution is 0.322. The maximum Gasteiger partial charge on any atom is 0.118 e. The molecule has 0 atom stereocenters. The Labute approximate surface area is 112 Å². The van der Waals surface area contributed by atoms with E-state index in [-0.39, 0.29) is 0 Å². The molecule has 0 amide bonds. The quantitative estimate of drug-likeness (QED) is 0.386. The van der Waals surface area contributed by atoms with E-state index in [1.54, 1.807) is 7.11 Å². The average Bonchev–Trinajstić information content (AvgIpc) is 2.47. The minimum atomic E-state index is 0.783. The van der Waals surface area contributed by atoms with Crippen molar-refractivity contribution in [3.8, 4) is 17.6 Å². The Balaban J connectivity index is 2.28. The number of hydrogen-bond acceptors (Lipinski definition) is 3. The Kier molecular flexibility index (Phi) is 4.20. The maximum atomic E-state index is 8.59. The van der Waals surface area contributed by atoms with Gasteiger partial charge in [0.05, 0.1) is 13.3 Å². The lowest BCUT2D eigenvalue weighted by atomic mass is 10.1. The monoisotopic (exact) mass is 251 g/mol. The second-order valence-corrected chi connectivity index (χ2v) is 3.81. The number of methoxy groups -OCH3 is 1. The lowest BCUT2D eigenvalue weighted by Gasteiger charge is -1.98. The molecular formula is C16H13NO2. The second-order valence-electron chi connectivity index (χ2n) is 3.81. The Morgan fingerprint density at radius 3 is 2.47 bits per heavy atom. The van der Waals surface area contributed by atoms with Gasteiger partial charge in [-0.05, 0) is 30.3 Å². The van der Waals surface area contributed by atoms with Gasteiger partial charge in [0.2, 0.25) is 0 Å². The highest BCUT2D eigenvalue weighted by Gasteiger charge is 1.95. The van der Waals surface area contributed by atoms with Crippen molar-refractivity contribution < 1.29 is 9.94 Å². The largest absolute Gasteiger partial charge is 0.497 e. The average molecular weight is 251 g/mol. The molecule has 2 aromatic rings. The zero-order chi connectivity index (χ0) is 13.5. The van der Waals surface area contributed by atoms with Crippen molar-refractivity contribution in [1.82, 2.24) is 0 Å². The van der Waals surface area contributed by atoms with Gasteiger partial charge in [-0.3, -0.25) is 0 Å². The fourth-order valence-electron chi connectivity index (χ4n) is 1.60. The van der Waals surface area contributed by atoms with Gasteiger partial charge in [0, 0.05) is 16.7 Å². The van der Waals surface area contributed by atoms with Crippen LogP contribution in [0.15, 0.2) is 53.7 Å². The third kappa shape index (κ3) is 3.36. The standard InChI is InChI=1S/C16H13NO2/c1-19-16-10-7-13(8-11-16)6-9-14-4-2-3-5-15(14)12-17-18/h2-5,7-8,10-12,18H,1H3/b17-12+. The number of nitrogens with zero attached hydrogens (tertiary/aromatic N) is 1. The van der Waals surface area contributed by atoms with Crippen molar-refractivity contribution in [2.24, 2.45) is 5.16 Å². The minimum absolute atomic E-state index is 0.783. The Hall–Kier alpha value is -2.73. The van der Waals surface area contributed by atoms with E-state index in [0.717, 1.165) is 22.4 Å². The molecule has 0 radical (unpaired) electrons. The van der Waals surface area contributed by atoms with Crippen LogP contribution in [0.25, 0.3) is 0 Å². The summed E-state index contributed by atoms with van der Waals surface area (Å²) in [6.07, 6.45) is 1.37. The second kappa shape index (κ2) is 6.27.